The molecule has 0 aromatic heterocycles. The van der Waals surface area contributed by atoms with Gasteiger partial charge in [0.05, 0.1) is 4.90 Å². The van der Waals surface area contributed by atoms with Crippen LogP contribution in [0.4, 0.5) is 5.69 Å². The monoisotopic (exact) mass is 370 g/mol. The Labute approximate surface area is 149 Å². The summed E-state index contributed by atoms with van der Waals surface area (Å²) >= 11 is 1.62. The van der Waals surface area contributed by atoms with E-state index in [1.807, 2.05) is 6.26 Å². The minimum Gasteiger partial charge on any atom is -0.326 e. The number of piperidine rings is 1. The first-order valence-electron chi connectivity index (χ1n) is 8.22. The summed E-state index contributed by atoms with van der Waals surface area (Å²) in [4.78, 5) is 12.0. The number of carbonyl (C=O) groups excluding carboxylic acids is 1. The zero-order valence-corrected chi connectivity index (χ0v) is 16.1. The Morgan fingerprint density at radius 3 is 2.33 bits per heavy atom. The zero-order chi connectivity index (χ0) is 17.7. The van der Waals surface area contributed by atoms with Crippen molar-refractivity contribution in [3.63, 3.8) is 0 Å². The van der Waals surface area contributed by atoms with Gasteiger partial charge in [-0.3, -0.25) is 4.79 Å². The number of carbonyl (C=O) groups is 1. The Morgan fingerprint density at radius 2 is 1.79 bits per heavy atom. The molecule has 0 unspecified atom stereocenters. The molecule has 1 amide bonds. The van der Waals surface area contributed by atoms with Crippen LogP contribution < -0.4 is 5.32 Å². The highest BCUT2D eigenvalue weighted by Crippen LogP contribution is 2.27. The van der Waals surface area contributed by atoms with Crippen molar-refractivity contribution in [2.24, 2.45) is 11.8 Å². The van der Waals surface area contributed by atoms with Crippen LogP contribution >= 0.6 is 11.8 Å². The molecule has 24 heavy (non-hydrogen) atoms. The fraction of sp³-hybridized carbons (Fsp3) is 0.588. The molecule has 1 aromatic rings. The van der Waals surface area contributed by atoms with Crippen molar-refractivity contribution >= 4 is 33.4 Å². The normalized spacial score (nSPS) is 22.3. The molecule has 134 valence electrons. The average Bonchev–Trinajstić information content (AvgIpc) is 2.52. The number of hydrogen-bond donors (Lipinski definition) is 1. The molecule has 1 aromatic carbocycles. The van der Waals surface area contributed by atoms with Gasteiger partial charge in [-0.05, 0) is 48.8 Å². The third kappa shape index (κ3) is 4.97. The van der Waals surface area contributed by atoms with Gasteiger partial charge in [-0.25, -0.2) is 8.42 Å². The molecule has 1 fully saturated rings. The van der Waals surface area contributed by atoms with Gasteiger partial charge in [0.1, 0.15) is 0 Å². The molecular formula is C17H26N2O3S2. The van der Waals surface area contributed by atoms with Crippen molar-refractivity contribution in [1.29, 1.82) is 0 Å². The van der Waals surface area contributed by atoms with Crippen LogP contribution in [0.25, 0.3) is 0 Å². The molecule has 0 bridgehead atoms. The number of hydrogen-bond acceptors (Lipinski definition) is 4. The van der Waals surface area contributed by atoms with Crippen molar-refractivity contribution < 1.29 is 13.2 Å². The maximum absolute atomic E-state index is 12.8. The third-order valence-electron chi connectivity index (χ3n) is 4.14. The molecular weight excluding hydrogens is 344 g/mol. The predicted molar refractivity (Wildman–Crippen MR) is 99.8 cm³/mol. The second-order valence-electron chi connectivity index (χ2n) is 6.58. The van der Waals surface area contributed by atoms with Gasteiger partial charge in [-0.2, -0.15) is 16.1 Å². The molecule has 1 aliphatic rings. The maximum Gasteiger partial charge on any atom is 0.243 e. The van der Waals surface area contributed by atoms with Crippen LogP contribution in [0.3, 0.4) is 0 Å². The second kappa shape index (κ2) is 8.36. The fourth-order valence-corrected chi connectivity index (χ4v) is 5.15. The van der Waals surface area contributed by atoms with Crippen LogP contribution in [0.5, 0.6) is 0 Å². The van der Waals surface area contributed by atoms with E-state index in [9.17, 15) is 13.2 Å². The summed E-state index contributed by atoms with van der Waals surface area (Å²) in [6, 6.07) is 6.45. The maximum atomic E-state index is 12.8. The lowest BCUT2D eigenvalue weighted by Crippen LogP contribution is -2.42. The number of anilines is 1. The predicted octanol–water partition coefficient (Wildman–Crippen LogP) is 3.04. The van der Waals surface area contributed by atoms with Gasteiger partial charge in [0.2, 0.25) is 15.9 Å². The summed E-state index contributed by atoms with van der Waals surface area (Å²) < 4.78 is 27.2. The summed E-state index contributed by atoms with van der Waals surface area (Å²) in [5.41, 5.74) is 0.625. The smallest absolute Gasteiger partial charge is 0.243 e. The molecule has 0 spiro atoms. The van der Waals surface area contributed by atoms with Crippen molar-refractivity contribution in [3.05, 3.63) is 24.3 Å². The molecule has 0 radical (unpaired) electrons. The molecule has 1 heterocycles. The summed E-state index contributed by atoms with van der Waals surface area (Å²) in [5.74, 6) is 1.46. The fourth-order valence-electron chi connectivity index (χ4n) is 3.08. The Morgan fingerprint density at radius 1 is 1.21 bits per heavy atom. The number of thioether (sulfide) groups is 1. The van der Waals surface area contributed by atoms with Gasteiger partial charge in [-0.1, -0.05) is 13.8 Å². The Kier molecular flexibility index (Phi) is 6.71. The number of amides is 1. The van der Waals surface area contributed by atoms with Crippen molar-refractivity contribution in [2.45, 2.75) is 31.6 Å². The van der Waals surface area contributed by atoms with Gasteiger partial charge in [0.25, 0.3) is 0 Å². The minimum absolute atomic E-state index is 0.0568. The van der Waals surface area contributed by atoms with Gasteiger partial charge in [-0.15, -0.1) is 0 Å². The molecule has 0 saturated carbocycles. The van der Waals surface area contributed by atoms with E-state index in [1.54, 1.807) is 40.3 Å². The molecule has 0 aliphatic carbocycles. The van der Waals surface area contributed by atoms with E-state index in [0.717, 1.165) is 12.2 Å². The molecule has 2 atom stereocenters. The number of sulfonamides is 1. The lowest BCUT2D eigenvalue weighted by molar-refractivity contribution is -0.115. The van der Waals surface area contributed by atoms with Gasteiger partial charge >= 0.3 is 0 Å². The second-order valence-corrected chi connectivity index (χ2v) is 9.51. The zero-order valence-electron chi connectivity index (χ0n) is 14.5. The molecule has 5 nitrogen and oxygen atoms in total. The SMILES string of the molecule is CSCCC(=O)Nc1ccc(S(=O)(=O)N2C[C@H](C)C[C@@H](C)C2)cc1. The van der Waals surface area contributed by atoms with Crippen molar-refractivity contribution in [2.75, 3.05) is 30.4 Å². The van der Waals surface area contributed by atoms with Crippen LogP contribution in [0, 0.1) is 11.8 Å². The van der Waals surface area contributed by atoms with Crippen molar-refractivity contribution in [1.82, 2.24) is 4.31 Å². The van der Waals surface area contributed by atoms with Crippen LogP contribution in [-0.4, -0.2) is 43.7 Å². The number of benzene rings is 1. The largest absolute Gasteiger partial charge is 0.326 e. The highest BCUT2D eigenvalue weighted by atomic mass is 32.2. The number of nitrogens with one attached hydrogen (secondary N) is 1. The molecule has 1 aliphatic heterocycles. The first-order valence-corrected chi connectivity index (χ1v) is 11.1. The molecule has 1 N–H and O–H groups in total. The minimum atomic E-state index is -3.47. The molecule has 2 rings (SSSR count). The number of nitrogens with zero attached hydrogens (tertiary/aromatic N) is 1. The van der Waals surface area contributed by atoms with Crippen molar-refractivity contribution in [3.8, 4) is 0 Å². The van der Waals surface area contributed by atoms with E-state index in [2.05, 4.69) is 19.2 Å². The van der Waals surface area contributed by atoms with Crippen LogP contribution in [0.15, 0.2) is 29.2 Å². The lowest BCUT2D eigenvalue weighted by atomic mass is 9.94. The quantitative estimate of drug-likeness (QED) is 0.836. The van der Waals surface area contributed by atoms with E-state index < -0.39 is 10.0 Å². The highest BCUT2D eigenvalue weighted by Gasteiger charge is 2.31. The van der Waals surface area contributed by atoms with Gasteiger partial charge in [0.15, 0.2) is 0 Å². The van der Waals surface area contributed by atoms with Crippen LogP contribution in [0.1, 0.15) is 26.7 Å². The summed E-state index contributed by atoms with van der Waals surface area (Å²) in [7, 11) is -3.47. The van der Waals surface area contributed by atoms with Crippen LogP contribution in [-0.2, 0) is 14.8 Å². The third-order valence-corrected chi connectivity index (χ3v) is 6.60. The first kappa shape index (κ1) is 19.3. The topological polar surface area (TPSA) is 66.5 Å². The standard InChI is InChI=1S/C17H26N2O3S2/c1-13-10-14(2)12-19(11-13)24(21,22)16-6-4-15(5-7-16)18-17(20)8-9-23-3/h4-7,13-14H,8-12H2,1-3H3,(H,18,20)/t13-,14-/m1/s1. The summed E-state index contributed by atoms with van der Waals surface area (Å²) in [6.07, 6.45) is 3.47. The van der Waals surface area contributed by atoms with E-state index >= 15 is 0 Å². The summed E-state index contributed by atoms with van der Waals surface area (Å²) in [5, 5.41) is 2.79. The first-order chi connectivity index (χ1) is 11.3. The Bertz CT molecular complexity index is 649. The highest BCUT2D eigenvalue weighted by molar-refractivity contribution is 7.98. The Balaban J connectivity index is 2.07. The van der Waals surface area contributed by atoms with E-state index in [0.29, 0.717) is 37.0 Å². The molecule has 1 saturated heterocycles. The van der Waals surface area contributed by atoms with Gasteiger partial charge in [0, 0.05) is 31.0 Å². The average molecular weight is 371 g/mol. The Hall–Kier alpha value is -1.05. The summed E-state index contributed by atoms with van der Waals surface area (Å²) in [6.45, 7) is 5.32. The van der Waals surface area contributed by atoms with Crippen LogP contribution in [0.2, 0.25) is 0 Å². The number of rotatable bonds is 6. The van der Waals surface area contributed by atoms with E-state index in [4.69, 9.17) is 0 Å². The molecule has 7 heteroatoms. The van der Waals surface area contributed by atoms with E-state index in [1.165, 1.54) is 0 Å². The lowest BCUT2D eigenvalue weighted by Gasteiger charge is -2.34. The van der Waals surface area contributed by atoms with Gasteiger partial charge < -0.3 is 5.32 Å². The van der Waals surface area contributed by atoms with E-state index in [-0.39, 0.29) is 10.8 Å².